The molecule has 1 aliphatic heterocycles. The van der Waals surface area contributed by atoms with Gasteiger partial charge in [-0.3, -0.25) is 0 Å². The van der Waals surface area contributed by atoms with Crippen molar-refractivity contribution in [3.63, 3.8) is 0 Å². The molecule has 0 radical (unpaired) electrons. The van der Waals surface area contributed by atoms with Gasteiger partial charge in [0.2, 0.25) is 10.0 Å². The summed E-state index contributed by atoms with van der Waals surface area (Å²) in [6, 6.07) is 11.4. The molecule has 1 aliphatic rings. The number of rotatable bonds is 4. The summed E-state index contributed by atoms with van der Waals surface area (Å²) in [6.07, 6.45) is -0.464. The first-order chi connectivity index (χ1) is 12.4. The number of carbonyl (C=O) groups is 1. The monoisotopic (exact) mass is 379 g/mol. The summed E-state index contributed by atoms with van der Waals surface area (Å²) < 4.78 is 50.4. The molecule has 6 nitrogen and oxygen atoms in total. The van der Waals surface area contributed by atoms with E-state index in [1.807, 2.05) is 0 Å². The summed E-state index contributed by atoms with van der Waals surface area (Å²) in [5.41, 5.74) is 0.991. The Balaban J connectivity index is 1.80. The van der Waals surface area contributed by atoms with Gasteiger partial charge in [0, 0.05) is 13.1 Å². The molecule has 0 N–H and O–H groups in total. The van der Waals surface area contributed by atoms with E-state index in [9.17, 15) is 17.6 Å². The summed E-state index contributed by atoms with van der Waals surface area (Å²) in [5, 5.41) is 0. The van der Waals surface area contributed by atoms with Crippen molar-refractivity contribution in [3.05, 3.63) is 65.5 Å². The van der Waals surface area contributed by atoms with E-state index in [-0.39, 0.29) is 36.0 Å². The fraction of sp³-hybridized carbons (Fsp3) is 0.278. The van der Waals surface area contributed by atoms with Crippen molar-refractivity contribution in [1.82, 2.24) is 4.31 Å². The van der Waals surface area contributed by atoms with Crippen LogP contribution in [0.4, 0.5) is 4.39 Å². The van der Waals surface area contributed by atoms with Gasteiger partial charge in [-0.1, -0.05) is 12.1 Å². The minimum atomic E-state index is -3.73. The number of sulfonamides is 1. The van der Waals surface area contributed by atoms with Crippen molar-refractivity contribution in [2.75, 3.05) is 26.8 Å². The fourth-order valence-electron chi connectivity index (χ4n) is 2.75. The zero-order chi connectivity index (χ0) is 18.7. The van der Waals surface area contributed by atoms with E-state index >= 15 is 0 Å². The number of hydrogen-bond acceptors (Lipinski definition) is 5. The van der Waals surface area contributed by atoms with Crippen LogP contribution in [0.5, 0.6) is 0 Å². The summed E-state index contributed by atoms with van der Waals surface area (Å²) in [6.45, 7) is 0.590. The van der Waals surface area contributed by atoms with Gasteiger partial charge in [0.1, 0.15) is 5.82 Å². The molecule has 0 amide bonds. The van der Waals surface area contributed by atoms with Gasteiger partial charge in [-0.05, 0) is 42.0 Å². The van der Waals surface area contributed by atoms with Crippen molar-refractivity contribution in [1.29, 1.82) is 0 Å². The molecule has 3 rings (SSSR count). The lowest BCUT2D eigenvalue weighted by Crippen LogP contribution is -2.42. The number of morpholine rings is 1. The molecule has 1 fully saturated rings. The fourth-order valence-corrected chi connectivity index (χ4v) is 4.18. The second-order valence-electron chi connectivity index (χ2n) is 5.79. The third kappa shape index (κ3) is 3.77. The first kappa shape index (κ1) is 18.5. The van der Waals surface area contributed by atoms with Crippen LogP contribution in [-0.2, 0) is 19.5 Å². The van der Waals surface area contributed by atoms with E-state index in [0.29, 0.717) is 5.56 Å². The van der Waals surface area contributed by atoms with Crippen LogP contribution in [0, 0.1) is 5.82 Å². The smallest absolute Gasteiger partial charge is 0.337 e. The average molecular weight is 379 g/mol. The molecule has 1 heterocycles. The molecule has 26 heavy (non-hydrogen) atoms. The molecule has 0 unspecified atom stereocenters. The van der Waals surface area contributed by atoms with Crippen LogP contribution in [0.3, 0.4) is 0 Å². The maximum atomic E-state index is 13.1. The number of nitrogens with zero attached hydrogens (tertiary/aromatic N) is 1. The minimum absolute atomic E-state index is 0.0879. The largest absolute Gasteiger partial charge is 0.465 e. The van der Waals surface area contributed by atoms with E-state index in [0.717, 1.165) is 0 Å². The van der Waals surface area contributed by atoms with Crippen LogP contribution in [-0.4, -0.2) is 45.5 Å². The Morgan fingerprint density at radius 1 is 1.15 bits per heavy atom. The lowest BCUT2D eigenvalue weighted by Gasteiger charge is -2.32. The SMILES string of the molecule is COC(=O)c1ccc(S(=O)(=O)N2CCO[C@@H](c3ccc(F)cc3)C2)cc1. The van der Waals surface area contributed by atoms with Crippen LogP contribution in [0.25, 0.3) is 0 Å². The Kier molecular flexibility index (Phi) is 5.36. The molecule has 0 bridgehead atoms. The quantitative estimate of drug-likeness (QED) is 0.763. The van der Waals surface area contributed by atoms with Gasteiger partial charge < -0.3 is 9.47 Å². The number of ether oxygens (including phenoxy) is 2. The highest BCUT2D eigenvalue weighted by Crippen LogP contribution is 2.26. The van der Waals surface area contributed by atoms with Crippen molar-refractivity contribution < 1.29 is 27.1 Å². The van der Waals surface area contributed by atoms with Gasteiger partial charge in [-0.2, -0.15) is 4.31 Å². The molecule has 1 atom stereocenters. The molecule has 0 saturated carbocycles. The number of esters is 1. The second-order valence-corrected chi connectivity index (χ2v) is 7.73. The zero-order valence-electron chi connectivity index (χ0n) is 14.1. The Hall–Kier alpha value is -2.29. The normalized spacial score (nSPS) is 18.5. The van der Waals surface area contributed by atoms with Crippen molar-refractivity contribution in [2.24, 2.45) is 0 Å². The van der Waals surface area contributed by atoms with Crippen LogP contribution in [0.1, 0.15) is 22.0 Å². The highest BCUT2D eigenvalue weighted by Gasteiger charge is 2.31. The van der Waals surface area contributed by atoms with Crippen molar-refractivity contribution >= 4 is 16.0 Å². The second kappa shape index (κ2) is 7.53. The van der Waals surface area contributed by atoms with Gasteiger partial charge in [0.15, 0.2) is 0 Å². The molecular weight excluding hydrogens is 361 g/mol. The zero-order valence-corrected chi connectivity index (χ0v) is 14.9. The van der Waals surface area contributed by atoms with Gasteiger partial charge in [-0.25, -0.2) is 17.6 Å². The van der Waals surface area contributed by atoms with Gasteiger partial charge in [0.25, 0.3) is 0 Å². The summed E-state index contributed by atoms with van der Waals surface area (Å²) in [5.74, 6) is -0.892. The molecule has 0 aliphatic carbocycles. The summed E-state index contributed by atoms with van der Waals surface area (Å²) in [4.78, 5) is 11.6. The predicted octanol–water partition coefficient (Wildman–Crippen LogP) is 2.37. The third-order valence-corrected chi connectivity index (χ3v) is 6.06. The first-order valence-electron chi connectivity index (χ1n) is 7.97. The summed E-state index contributed by atoms with van der Waals surface area (Å²) >= 11 is 0. The van der Waals surface area contributed by atoms with E-state index in [1.54, 1.807) is 12.1 Å². The Morgan fingerprint density at radius 2 is 1.81 bits per heavy atom. The van der Waals surface area contributed by atoms with Crippen LogP contribution in [0.2, 0.25) is 0 Å². The van der Waals surface area contributed by atoms with E-state index in [1.165, 1.54) is 47.8 Å². The Morgan fingerprint density at radius 3 is 2.42 bits per heavy atom. The van der Waals surface area contributed by atoms with E-state index in [4.69, 9.17) is 4.74 Å². The van der Waals surface area contributed by atoms with Crippen LogP contribution in [0.15, 0.2) is 53.4 Å². The van der Waals surface area contributed by atoms with Gasteiger partial charge >= 0.3 is 5.97 Å². The van der Waals surface area contributed by atoms with Crippen LogP contribution < -0.4 is 0 Å². The standard InChI is InChI=1S/C18H18FNO5S/c1-24-18(21)14-4-8-16(9-5-14)26(22,23)20-10-11-25-17(12-20)13-2-6-15(19)7-3-13/h2-9,17H,10-12H2,1H3/t17-/m1/s1. The first-order valence-corrected chi connectivity index (χ1v) is 9.41. The lowest BCUT2D eigenvalue weighted by molar-refractivity contribution is -0.00258. The lowest BCUT2D eigenvalue weighted by atomic mass is 10.1. The molecule has 1 saturated heterocycles. The average Bonchev–Trinajstić information content (AvgIpc) is 2.68. The third-order valence-electron chi connectivity index (χ3n) is 4.18. The molecule has 138 valence electrons. The van der Waals surface area contributed by atoms with Crippen molar-refractivity contribution in [2.45, 2.75) is 11.0 Å². The van der Waals surface area contributed by atoms with E-state index in [2.05, 4.69) is 4.74 Å². The number of halogens is 1. The number of benzene rings is 2. The van der Waals surface area contributed by atoms with Crippen molar-refractivity contribution in [3.8, 4) is 0 Å². The number of carbonyl (C=O) groups excluding carboxylic acids is 1. The highest BCUT2D eigenvalue weighted by atomic mass is 32.2. The molecule has 0 spiro atoms. The number of hydrogen-bond donors (Lipinski definition) is 0. The van der Waals surface area contributed by atoms with Gasteiger partial charge in [0.05, 0.1) is 30.3 Å². The maximum absolute atomic E-state index is 13.1. The maximum Gasteiger partial charge on any atom is 0.337 e. The van der Waals surface area contributed by atoms with Gasteiger partial charge in [-0.15, -0.1) is 0 Å². The Bertz CT molecular complexity index is 881. The molecular formula is C18H18FNO5S. The highest BCUT2D eigenvalue weighted by molar-refractivity contribution is 7.89. The molecule has 2 aromatic rings. The molecule has 0 aromatic heterocycles. The number of methoxy groups -OCH3 is 1. The van der Waals surface area contributed by atoms with Crippen LogP contribution >= 0.6 is 0 Å². The molecule has 8 heteroatoms. The predicted molar refractivity (Wildman–Crippen MR) is 91.6 cm³/mol. The topological polar surface area (TPSA) is 72.9 Å². The van der Waals surface area contributed by atoms with E-state index < -0.39 is 22.1 Å². The molecule has 2 aromatic carbocycles. The summed E-state index contributed by atoms with van der Waals surface area (Å²) in [7, 11) is -2.47. The minimum Gasteiger partial charge on any atom is -0.465 e. The Labute approximate surface area is 151 Å².